The molecule has 0 saturated heterocycles. The van der Waals surface area contributed by atoms with Crippen molar-refractivity contribution in [2.24, 2.45) is 5.41 Å². The van der Waals surface area contributed by atoms with Crippen molar-refractivity contribution in [3.05, 3.63) is 21.9 Å². The molecule has 1 aromatic heterocycles. The van der Waals surface area contributed by atoms with Gasteiger partial charge in [0.1, 0.15) is 0 Å². The normalized spacial score (nSPS) is 22.7. The zero-order valence-electron chi connectivity index (χ0n) is 13.6. The van der Waals surface area contributed by atoms with E-state index in [1.165, 1.54) is 18.3 Å². The van der Waals surface area contributed by atoms with Crippen molar-refractivity contribution >= 4 is 23.2 Å². The Hall–Kier alpha value is -1.40. The molecule has 1 saturated carbocycles. The molecule has 2 N–H and O–H groups in total. The Morgan fingerprint density at radius 2 is 2.14 bits per heavy atom. The van der Waals surface area contributed by atoms with Gasteiger partial charge in [0.25, 0.3) is 5.91 Å². The average molecular weight is 324 g/mol. The smallest absolute Gasteiger partial charge is 0.261 e. The van der Waals surface area contributed by atoms with Gasteiger partial charge in [-0.25, -0.2) is 0 Å². The lowest BCUT2D eigenvalue weighted by Crippen LogP contribution is -2.62. The quantitative estimate of drug-likeness (QED) is 0.844. The molecule has 2 rings (SSSR count). The van der Waals surface area contributed by atoms with Gasteiger partial charge in [-0.1, -0.05) is 13.8 Å². The lowest BCUT2D eigenvalue weighted by atomic mass is 9.64. The largest absolute Gasteiger partial charge is 0.378 e. The first-order valence-electron chi connectivity index (χ1n) is 7.60. The molecule has 0 unspecified atom stereocenters. The van der Waals surface area contributed by atoms with Crippen molar-refractivity contribution in [2.45, 2.75) is 52.8 Å². The summed E-state index contributed by atoms with van der Waals surface area (Å²) in [6.07, 6.45) is 1.07. The predicted molar refractivity (Wildman–Crippen MR) is 86.9 cm³/mol. The lowest BCUT2D eigenvalue weighted by Gasteiger charge is -2.51. The van der Waals surface area contributed by atoms with Crippen LogP contribution in [0.5, 0.6) is 0 Å². The molecule has 1 aliphatic carbocycles. The van der Waals surface area contributed by atoms with Gasteiger partial charge in [0.2, 0.25) is 5.91 Å². The van der Waals surface area contributed by atoms with Gasteiger partial charge in [0.15, 0.2) is 0 Å². The number of thiophene rings is 1. The monoisotopic (exact) mass is 324 g/mol. The van der Waals surface area contributed by atoms with Crippen LogP contribution in [0.4, 0.5) is 0 Å². The van der Waals surface area contributed by atoms with E-state index in [2.05, 4.69) is 24.5 Å². The Morgan fingerprint density at radius 1 is 1.41 bits per heavy atom. The topological polar surface area (TPSA) is 67.4 Å². The van der Waals surface area contributed by atoms with Crippen molar-refractivity contribution in [3.63, 3.8) is 0 Å². The fourth-order valence-electron chi connectivity index (χ4n) is 2.65. The molecule has 6 heteroatoms. The third kappa shape index (κ3) is 3.67. The molecule has 1 aliphatic rings. The Morgan fingerprint density at radius 3 is 2.73 bits per heavy atom. The molecule has 5 nitrogen and oxygen atoms in total. The fourth-order valence-corrected chi connectivity index (χ4v) is 3.50. The van der Waals surface area contributed by atoms with Crippen molar-refractivity contribution in [3.8, 4) is 0 Å². The molecule has 0 spiro atoms. The van der Waals surface area contributed by atoms with Gasteiger partial charge < -0.3 is 15.4 Å². The van der Waals surface area contributed by atoms with Crippen LogP contribution < -0.4 is 10.6 Å². The highest BCUT2D eigenvalue weighted by Gasteiger charge is 2.49. The molecule has 0 radical (unpaired) electrons. The Balaban J connectivity index is 1.89. The minimum Gasteiger partial charge on any atom is -0.378 e. The summed E-state index contributed by atoms with van der Waals surface area (Å²) >= 11 is 1.41. The van der Waals surface area contributed by atoms with Gasteiger partial charge in [-0.15, -0.1) is 11.3 Å². The van der Waals surface area contributed by atoms with E-state index in [4.69, 9.17) is 4.74 Å². The number of carbonyl (C=O) groups excluding carboxylic acids is 2. The molecule has 0 bridgehead atoms. The Kier molecular flexibility index (Phi) is 5.24. The highest BCUT2D eigenvalue weighted by molar-refractivity contribution is 7.14. The minimum atomic E-state index is -0.0717. The third-order valence-electron chi connectivity index (χ3n) is 4.25. The van der Waals surface area contributed by atoms with Crippen LogP contribution in [0.25, 0.3) is 0 Å². The molecule has 1 fully saturated rings. The SMILES string of the molecule is CCO[C@H]1C[C@@H](NC(=O)c2ccc(CNC(C)=O)s2)C1(C)C. The predicted octanol–water partition coefficient (Wildman–Crippen LogP) is 2.32. The summed E-state index contributed by atoms with van der Waals surface area (Å²) in [7, 11) is 0. The summed E-state index contributed by atoms with van der Waals surface area (Å²) in [5.41, 5.74) is -0.0397. The first kappa shape index (κ1) is 17.0. The number of amides is 2. The van der Waals surface area contributed by atoms with Crippen LogP contribution in [0.3, 0.4) is 0 Å². The van der Waals surface area contributed by atoms with E-state index in [1.807, 2.05) is 19.1 Å². The summed E-state index contributed by atoms with van der Waals surface area (Å²) in [4.78, 5) is 24.9. The van der Waals surface area contributed by atoms with Crippen molar-refractivity contribution in [1.29, 1.82) is 0 Å². The summed E-state index contributed by atoms with van der Waals surface area (Å²) in [5, 5.41) is 5.83. The number of ether oxygens (including phenoxy) is 1. The fraction of sp³-hybridized carbons (Fsp3) is 0.625. The lowest BCUT2D eigenvalue weighted by molar-refractivity contribution is -0.119. The van der Waals surface area contributed by atoms with E-state index in [1.54, 1.807) is 0 Å². The Bertz CT molecular complexity index is 553. The summed E-state index contributed by atoms with van der Waals surface area (Å²) in [5.74, 6) is -0.121. The van der Waals surface area contributed by atoms with Crippen LogP contribution in [0.15, 0.2) is 12.1 Å². The zero-order valence-corrected chi connectivity index (χ0v) is 14.4. The van der Waals surface area contributed by atoms with Gasteiger partial charge in [0.05, 0.1) is 17.5 Å². The first-order valence-corrected chi connectivity index (χ1v) is 8.41. The van der Waals surface area contributed by atoms with E-state index in [9.17, 15) is 9.59 Å². The molecule has 22 heavy (non-hydrogen) atoms. The number of hydrogen-bond acceptors (Lipinski definition) is 4. The van der Waals surface area contributed by atoms with Crippen LogP contribution >= 0.6 is 11.3 Å². The molecule has 2 amide bonds. The molecule has 122 valence electrons. The van der Waals surface area contributed by atoms with Gasteiger partial charge in [-0.2, -0.15) is 0 Å². The van der Waals surface area contributed by atoms with Gasteiger partial charge in [-0.05, 0) is 25.5 Å². The van der Waals surface area contributed by atoms with Crippen LogP contribution in [-0.4, -0.2) is 30.6 Å². The number of carbonyl (C=O) groups is 2. The Labute approximate surface area is 135 Å². The standard InChI is InChI=1S/C16H24N2O3S/c1-5-21-14-8-13(16(14,3)4)18-15(20)12-7-6-11(22-12)9-17-10(2)19/h6-7,13-14H,5,8-9H2,1-4H3,(H,17,19)(H,18,20)/t13-,14+/m1/s1. The second-order valence-corrected chi connectivity index (χ2v) is 7.37. The molecule has 1 aromatic rings. The van der Waals surface area contributed by atoms with E-state index >= 15 is 0 Å². The summed E-state index contributed by atoms with van der Waals surface area (Å²) in [6.45, 7) is 8.89. The van der Waals surface area contributed by atoms with Crippen molar-refractivity contribution < 1.29 is 14.3 Å². The van der Waals surface area contributed by atoms with Crippen LogP contribution in [-0.2, 0) is 16.1 Å². The zero-order chi connectivity index (χ0) is 16.3. The van der Waals surface area contributed by atoms with Crippen LogP contribution in [0.2, 0.25) is 0 Å². The van der Waals surface area contributed by atoms with E-state index in [0.29, 0.717) is 18.0 Å². The highest BCUT2D eigenvalue weighted by Crippen LogP contribution is 2.42. The maximum Gasteiger partial charge on any atom is 0.261 e. The van der Waals surface area contributed by atoms with E-state index < -0.39 is 0 Å². The number of hydrogen-bond donors (Lipinski definition) is 2. The second kappa shape index (κ2) is 6.79. The summed E-state index contributed by atoms with van der Waals surface area (Å²) < 4.78 is 5.68. The highest BCUT2D eigenvalue weighted by atomic mass is 32.1. The molecule has 2 atom stereocenters. The molecule has 0 aromatic carbocycles. The number of nitrogens with one attached hydrogen (secondary N) is 2. The van der Waals surface area contributed by atoms with Gasteiger partial charge in [-0.3, -0.25) is 9.59 Å². The first-order chi connectivity index (χ1) is 10.3. The van der Waals surface area contributed by atoms with E-state index in [0.717, 1.165) is 11.3 Å². The third-order valence-corrected chi connectivity index (χ3v) is 5.33. The second-order valence-electron chi connectivity index (χ2n) is 6.20. The molecule has 0 aliphatic heterocycles. The van der Waals surface area contributed by atoms with Gasteiger partial charge >= 0.3 is 0 Å². The van der Waals surface area contributed by atoms with Crippen LogP contribution in [0, 0.1) is 5.41 Å². The van der Waals surface area contributed by atoms with Crippen molar-refractivity contribution in [2.75, 3.05) is 6.61 Å². The summed E-state index contributed by atoms with van der Waals surface area (Å²) in [6, 6.07) is 3.82. The maximum atomic E-state index is 12.3. The minimum absolute atomic E-state index is 0.0397. The average Bonchev–Trinajstić information content (AvgIpc) is 2.93. The van der Waals surface area contributed by atoms with Crippen molar-refractivity contribution in [1.82, 2.24) is 10.6 Å². The molecule has 1 heterocycles. The maximum absolute atomic E-state index is 12.3. The van der Waals surface area contributed by atoms with E-state index in [-0.39, 0.29) is 29.4 Å². The van der Waals surface area contributed by atoms with Gasteiger partial charge in [0, 0.05) is 29.9 Å². The van der Waals surface area contributed by atoms with Crippen LogP contribution in [0.1, 0.15) is 48.7 Å². The molecular weight excluding hydrogens is 300 g/mol. The molecular formula is C16H24N2O3S. The number of rotatable bonds is 6.